The molecule has 0 fully saturated rings. The van der Waals surface area contributed by atoms with Crippen molar-refractivity contribution in [2.24, 2.45) is 5.84 Å². The number of aromatic amines is 1. The number of carbonyl (C=O) groups excluding carboxylic acids is 2. The third kappa shape index (κ3) is 3.45. The number of fused-ring (bicyclic) bond motifs is 1. The molecule has 3 rings (SSSR count). The summed E-state index contributed by atoms with van der Waals surface area (Å²) < 4.78 is 6.21. The standard InChI is InChI=1S/C19H27N5O3S/c1-7-11-9(2)13(24-23-11)16(26)21-17-12(15(25)22-20)10-8-18(3,4)27-19(5,6)14(10)28-17/h7-8,20H2,1-6H3,(H,21,26)(H,22,25)(H,23,24). The SMILES string of the molecule is CCc1[nH]nc(C(=O)Nc2sc3c(c2C(=O)NN)CC(C)(C)OC3(C)C)c1C. The van der Waals surface area contributed by atoms with Crippen LogP contribution in [0.1, 0.15) is 77.2 Å². The molecule has 8 nitrogen and oxygen atoms in total. The lowest BCUT2D eigenvalue weighted by molar-refractivity contribution is -0.135. The van der Waals surface area contributed by atoms with E-state index >= 15 is 0 Å². The Morgan fingerprint density at radius 1 is 1.29 bits per heavy atom. The normalized spacial score (nSPS) is 17.1. The number of hydrazine groups is 1. The second kappa shape index (κ2) is 6.98. The van der Waals surface area contributed by atoms with Crippen LogP contribution in [0.3, 0.4) is 0 Å². The van der Waals surface area contributed by atoms with Crippen LogP contribution in [0, 0.1) is 6.92 Å². The van der Waals surface area contributed by atoms with Gasteiger partial charge in [0, 0.05) is 22.6 Å². The van der Waals surface area contributed by atoms with Gasteiger partial charge in [0.05, 0.1) is 16.8 Å². The molecule has 0 saturated heterocycles. The highest BCUT2D eigenvalue weighted by atomic mass is 32.1. The minimum atomic E-state index is -0.591. The van der Waals surface area contributed by atoms with Gasteiger partial charge in [0.15, 0.2) is 5.69 Å². The van der Waals surface area contributed by atoms with E-state index in [2.05, 4.69) is 20.9 Å². The topological polar surface area (TPSA) is 122 Å². The van der Waals surface area contributed by atoms with E-state index in [9.17, 15) is 9.59 Å². The molecular formula is C19H27N5O3S. The fourth-order valence-electron chi connectivity index (χ4n) is 3.88. The highest BCUT2D eigenvalue weighted by Gasteiger charge is 2.43. The number of thiophene rings is 1. The molecule has 9 heteroatoms. The molecule has 0 saturated carbocycles. The van der Waals surface area contributed by atoms with Gasteiger partial charge < -0.3 is 10.1 Å². The monoisotopic (exact) mass is 405 g/mol. The lowest BCUT2D eigenvalue weighted by atomic mass is 9.86. The minimum absolute atomic E-state index is 0.318. The van der Waals surface area contributed by atoms with Crippen LogP contribution in [0.25, 0.3) is 0 Å². The number of nitrogens with zero attached hydrogens (tertiary/aromatic N) is 1. The molecule has 0 aromatic carbocycles. The van der Waals surface area contributed by atoms with Crippen LogP contribution >= 0.6 is 11.3 Å². The van der Waals surface area contributed by atoms with Gasteiger partial charge in [-0.1, -0.05) is 6.92 Å². The van der Waals surface area contributed by atoms with Crippen LogP contribution in [0.15, 0.2) is 0 Å². The van der Waals surface area contributed by atoms with E-state index in [-0.39, 0.29) is 5.91 Å². The first kappa shape index (κ1) is 20.5. The summed E-state index contributed by atoms with van der Waals surface area (Å²) >= 11 is 1.34. The van der Waals surface area contributed by atoms with E-state index in [4.69, 9.17) is 10.6 Å². The lowest BCUT2D eigenvalue weighted by Gasteiger charge is -2.41. The number of nitrogen functional groups attached to an aromatic ring is 1. The smallest absolute Gasteiger partial charge is 0.277 e. The first-order chi connectivity index (χ1) is 13.0. The van der Waals surface area contributed by atoms with Gasteiger partial charge in [0.25, 0.3) is 11.8 Å². The molecule has 2 aromatic heterocycles. The number of anilines is 1. The summed E-state index contributed by atoms with van der Waals surface area (Å²) in [6.45, 7) is 11.7. The predicted molar refractivity (Wildman–Crippen MR) is 109 cm³/mol. The van der Waals surface area contributed by atoms with Crippen molar-refractivity contribution < 1.29 is 14.3 Å². The molecule has 0 atom stereocenters. The predicted octanol–water partition coefficient (Wildman–Crippen LogP) is 2.78. The quantitative estimate of drug-likeness (QED) is 0.354. The number of H-pyrrole nitrogens is 1. The van der Waals surface area contributed by atoms with Gasteiger partial charge >= 0.3 is 0 Å². The van der Waals surface area contributed by atoms with Gasteiger partial charge in [0.1, 0.15) is 5.00 Å². The van der Waals surface area contributed by atoms with Crippen LogP contribution in [0.4, 0.5) is 5.00 Å². The van der Waals surface area contributed by atoms with E-state index in [1.54, 1.807) is 0 Å². The number of nitrogens with one attached hydrogen (secondary N) is 3. The third-order valence-electron chi connectivity index (χ3n) is 4.95. The maximum absolute atomic E-state index is 12.8. The van der Waals surface area contributed by atoms with E-state index in [0.717, 1.165) is 28.1 Å². The molecular weight excluding hydrogens is 378 g/mol. The third-order valence-corrected chi connectivity index (χ3v) is 6.40. The molecule has 0 spiro atoms. The molecule has 152 valence electrons. The van der Waals surface area contributed by atoms with Crippen LogP contribution in [0.5, 0.6) is 0 Å². The maximum atomic E-state index is 12.8. The number of hydrogen-bond acceptors (Lipinski definition) is 6. The average molecular weight is 406 g/mol. The zero-order valence-corrected chi connectivity index (χ0v) is 17.9. The Kier molecular flexibility index (Phi) is 5.11. The minimum Gasteiger partial charge on any atom is -0.364 e. The molecule has 2 amide bonds. The van der Waals surface area contributed by atoms with E-state index in [0.29, 0.717) is 22.7 Å². The molecule has 28 heavy (non-hydrogen) atoms. The Bertz CT molecular complexity index is 942. The van der Waals surface area contributed by atoms with E-state index in [1.807, 2.05) is 41.5 Å². The van der Waals surface area contributed by atoms with Crippen LogP contribution in [0.2, 0.25) is 0 Å². The summed E-state index contributed by atoms with van der Waals surface area (Å²) in [5.74, 6) is 4.63. The van der Waals surface area contributed by atoms with Gasteiger partial charge in [-0.2, -0.15) is 5.10 Å². The number of rotatable bonds is 4. The lowest BCUT2D eigenvalue weighted by Crippen LogP contribution is -2.42. The van der Waals surface area contributed by atoms with Gasteiger partial charge in [-0.05, 0) is 46.6 Å². The molecule has 1 aliphatic heterocycles. The Labute approximate surface area is 168 Å². The Hall–Kier alpha value is -2.23. The van der Waals surface area contributed by atoms with Crippen molar-refractivity contribution >= 4 is 28.2 Å². The number of aryl methyl sites for hydroxylation is 1. The summed E-state index contributed by atoms with van der Waals surface area (Å²) in [5, 5.41) is 10.3. The van der Waals surface area contributed by atoms with E-state index in [1.165, 1.54) is 11.3 Å². The number of nitrogens with two attached hydrogens (primary N) is 1. The summed E-state index contributed by atoms with van der Waals surface area (Å²) in [7, 11) is 0. The van der Waals surface area contributed by atoms with Crippen LogP contribution < -0.4 is 16.6 Å². The van der Waals surface area contributed by atoms with Crippen molar-refractivity contribution in [1.29, 1.82) is 0 Å². The highest BCUT2D eigenvalue weighted by Crippen LogP contribution is 2.48. The molecule has 5 N–H and O–H groups in total. The fourth-order valence-corrected chi connectivity index (χ4v) is 5.13. The van der Waals surface area contributed by atoms with Crippen molar-refractivity contribution in [3.63, 3.8) is 0 Å². The number of hydrogen-bond donors (Lipinski definition) is 4. The number of amides is 2. The molecule has 1 aliphatic rings. The largest absolute Gasteiger partial charge is 0.364 e. The molecule has 0 bridgehead atoms. The summed E-state index contributed by atoms with van der Waals surface area (Å²) in [5.41, 5.74) is 4.45. The Balaban J connectivity index is 2.06. The van der Waals surface area contributed by atoms with Crippen LogP contribution in [-0.2, 0) is 23.2 Å². The molecule has 0 radical (unpaired) electrons. The van der Waals surface area contributed by atoms with Gasteiger partial charge in [-0.25, -0.2) is 5.84 Å². The zero-order valence-electron chi connectivity index (χ0n) is 17.1. The summed E-state index contributed by atoms with van der Waals surface area (Å²) in [6.07, 6.45) is 1.29. The van der Waals surface area contributed by atoms with Crippen molar-refractivity contribution in [3.05, 3.63) is 33.0 Å². The maximum Gasteiger partial charge on any atom is 0.277 e. The van der Waals surface area contributed by atoms with Crippen molar-refractivity contribution in [2.45, 2.75) is 65.6 Å². The highest BCUT2D eigenvalue weighted by molar-refractivity contribution is 7.17. The average Bonchev–Trinajstić information content (AvgIpc) is 3.13. The van der Waals surface area contributed by atoms with Gasteiger partial charge in [-0.3, -0.25) is 20.1 Å². The molecule has 0 aliphatic carbocycles. The van der Waals surface area contributed by atoms with Crippen LogP contribution in [-0.4, -0.2) is 27.6 Å². The summed E-state index contributed by atoms with van der Waals surface area (Å²) in [6, 6.07) is 0. The first-order valence-electron chi connectivity index (χ1n) is 9.23. The molecule has 2 aromatic rings. The fraction of sp³-hybridized carbons (Fsp3) is 0.526. The number of carbonyl (C=O) groups is 2. The van der Waals surface area contributed by atoms with Crippen molar-refractivity contribution in [3.8, 4) is 0 Å². The zero-order chi connectivity index (χ0) is 20.9. The van der Waals surface area contributed by atoms with Gasteiger partial charge in [-0.15, -0.1) is 11.3 Å². The second-order valence-electron chi connectivity index (χ2n) is 8.12. The van der Waals surface area contributed by atoms with Gasteiger partial charge in [0.2, 0.25) is 0 Å². The van der Waals surface area contributed by atoms with Crippen molar-refractivity contribution in [2.75, 3.05) is 5.32 Å². The second-order valence-corrected chi connectivity index (χ2v) is 9.14. The Morgan fingerprint density at radius 2 is 1.96 bits per heavy atom. The summed E-state index contributed by atoms with van der Waals surface area (Å²) in [4.78, 5) is 26.3. The first-order valence-corrected chi connectivity index (χ1v) is 10.0. The van der Waals surface area contributed by atoms with E-state index < -0.39 is 17.1 Å². The number of aromatic nitrogens is 2. The number of ether oxygens (including phenoxy) is 1. The van der Waals surface area contributed by atoms with Crippen molar-refractivity contribution in [1.82, 2.24) is 15.6 Å². The molecule has 0 unspecified atom stereocenters. The molecule has 3 heterocycles. The Morgan fingerprint density at radius 3 is 2.54 bits per heavy atom.